The number of halogens is 1. The van der Waals surface area contributed by atoms with E-state index in [1.807, 2.05) is 43.1 Å². The normalized spacial score (nSPS) is 11.9. The van der Waals surface area contributed by atoms with Gasteiger partial charge in [-0.1, -0.05) is 23.7 Å². The van der Waals surface area contributed by atoms with Crippen molar-refractivity contribution in [1.29, 1.82) is 0 Å². The Kier molecular flexibility index (Phi) is 6.67. The third-order valence-electron chi connectivity index (χ3n) is 4.03. The van der Waals surface area contributed by atoms with Crippen LogP contribution in [0.1, 0.15) is 12.5 Å². The van der Waals surface area contributed by atoms with Gasteiger partial charge in [-0.05, 0) is 43.8 Å². The van der Waals surface area contributed by atoms with Gasteiger partial charge < -0.3 is 14.8 Å². The molecule has 1 unspecified atom stereocenters. The molecule has 2 aromatic rings. The molecule has 0 saturated heterocycles. The van der Waals surface area contributed by atoms with Crippen LogP contribution in [0.3, 0.4) is 0 Å². The molecule has 1 amide bonds. The van der Waals surface area contributed by atoms with Crippen molar-refractivity contribution in [3.63, 3.8) is 0 Å². The SMILES string of the molecule is COc1ccc(NC(=O)C(C)N(C)Cc2cccc(Cl)c2)c(OC)c1. The first-order chi connectivity index (χ1) is 11.9. The number of rotatable bonds is 7. The monoisotopic (exact) mass is 362 g/mol. The Bertz CT molecular complexity index is 736. The molecule has 0 fully saturated rings. The fourth-order valence-electron chi connectivity index (χ4n) is 2.40. The number of hydrogen-bond donors (Lipinski definition) is 1. The van der Waals surface area contributed by atoms with E-state index in [4.69, 9.17) is 21.1 Å². The maximum Gasteiger partial charge on any atom is 0.241 e. The summed E-state index contributed by atoms with van der Waals surface area (Å²) in [7, 11) is 5.04. The molecule has 2 rings (SSSR count). The zero-order chi connectivity index (χ0) is 18.4. The second kappa shape index (κ2) is 8.74. The smallest absolute Gasteiger partial charge is 0.241 e. The van der Waals surface area contributed by atoms with Crippen LogP contribution >= 0.6 is 11.6 Å². The molecule has 5 nitrogen and oxygen atoms in total. The summed E-state index contributed by atoms with van der Waals surface area (Å²) in [6, 6.07) is 12.6. The van der Waals surface area contributed by atoms with Crippen molar-refractivity contribution in [3.8, 4) is 11.5 Å². The number of ether oxygens (including phenoxy) is 2. The Morgan fingerprint density at radius 1 is 1.20 bits per heavy atom. The first-order valence-electron chi connectivity index (χ1n) is 7.92. The van der Waals surface area contributed by atoms with Crippen LogP contribution in [0, 0.1) is 0 Å². The number of hydrogen-bond acceptors (Lipinski definition) is 4. The molecule has 0 aliphatic carbocycles. The maximum absolute atomic E-state index is 12.6. The predicted octanol–water partition coefficient (Wildman–Crippen LogP) is 3.82. The minimum Gasteiger partial charge on any atom is -0.497 e. The topological polar surface area (TPSA) is 50.8 Å². The van der Waals surface area contributed by atoms with E-state index in [1.54, 1.807) is 32.4 Å². The van der Waals surface area contributed by atoms with Crippen molar-refractivity contribution in [3.05, 3.63) is 53.1 Å². The molecule has 25 heavy (non-hydrogen) atoms. The van der Waals surface area contributed by atoms with Gasteiger partial charge in [-0.3, -0.25) is 9.69 Å². The Morgan fingerprint density at radius 2 is 1.96 bits per heavy atom. The Balaban J connectivity index is 2.04. The second-order valence-corrected chi connectivity index (χ2v) is 6.21. The van der Waals surface area contributed by atoms with E-state index in [2.05, 4.69) is 5.32 Å². The van der Waals surface area contributed by atoms with E-state index < -0.39 is 0 Å². The molecule has 0 radical (unpaired) electrons. The molecule has 0 saturated carbocycles. The van der Waals surface area contributed by atoms with Gasteiger partial charge in [-0.15, -0.1) is 0 Å². The van der Waals surface area contributed by atoms with Crippen molar-refractivity contribution in [2.45, 2.75) is 19.5 Å². The lowest BCUT2D eigenvalue weighted by molar-refractivity contribution is -0.120. The number of benzene rings is 2. The highest BCUT2D eigenvalue weighted by Gasteiger charge is 2.19. The van der Waals surface area contributed by atoms with Crippen LogP contribution < -0.4 is 14.8 Å². The summed E-state index contributed by atoms with van der Waals surface area (Å²) in [6.45, 7) is 2.48. The van der Waals surface area contributed by atoms with E-state index in [1.165, 1.54) is 0 Å². The van der Waals surface area contributed by atoms with Crippen LogP contribution in [0.15, 0.2) is 42.5 Å². The summed E-state index contributed by atoms with van der Waals surface area (Å²) >= 11 is 6.01. The van der Waals surface area contributed by atoms with Crippen LogP contribution in [0.2, 0.25) is 5.02 Å². The Hall–Kier alpha value is -2.24. The molecule has 1 atom stereocenters. The highest BCUT2D eigenvalue weighted by atomic mass is 35.5. The molecule has 0 heterocycles. The summed E-state index contributed by atoms with van der Waals surface area (Å²) in [5.41, 5.74) is 1.66. The first kappa shape index (κ1) is 19.1. The molecular weight excluding hydrogens is 340 g/mol. The quantitative estimate of drug-likeness (QED) is 0.813. The lowest BCUT2D eigenvalue weighted by atomic mass is 10.2. The lowest BCUT2D eigenvalue weighted by Gasteiger charge is -2.24. The van der Waals surface area contributed by atoms with Crippen molar-refractivity contribution in [2.24, 2.45) is 0 Å². The molecule has 0 bridgehead atoms. The minimum atomic E-state index is -0.328. The molecule has 0 aliphatic rings. The van der Waals surface area contributed by atoms with Gasteiger partial charge in [0.25, 0.3) is 0 Å². The average molecular weight is 363 g/mol. The van der Waals surface area contributed by atoms with E-state index >= 15 is 0 Å². The van der Waals surface area contributed by atoms with Crippen LogP contribution in [0.4, 0.5) is 5.69 Å². The van der Waals surface area contributed by atoms with Gasteiger partial charge in [0.1, 0.15) is 11.5 Å². The summed E-state index contributed by atoms with van der Waals surface area (Å²) < 4.78 is 10.5. The number of methoxy groups -OCH3 is 2. The van der Waals surface area contributed by atoms with Crippen molar-refractivity contribution in [2.75, 3.05) is 26.6 Å². The van der Waals surface area contributed by atoms with E-state index in [0.717, 1.165) is 5.56 Å². The molecule has 134 valence electrons. The molecule has 0 aliphatic heterocycles. The zero-order valence-electron chi connectivity index (χ0n) is 14.9. The van der Waals surface area contributed by atoms with Crippen LogP contribution in [-0.2, 0) is 11.3 Å². The first-order valence-corrected chi connectivity index (χ1v) is 8.30. The molecule has 6 heteroatoms. The van der Waals surface area contributed by atoms with Crippen molar-refractivity contribution < 1.29 is 14.3 Å². The Morgan fingerprint density at radius 3 is 2.60 bits per heavy atom. The molecule has 2 aromatic carbocycles. The maximum atomic E-state index is 12.6. The minimum absolute atomic E-state index is 0.118. The van der Waals surface area contributed by atoms with Crippen LogP contribution in [0.5, 0.6) is 11.5 Å². The average Bonchev–Trinajstić information content (AvgIpc) is 2.61. The van der Waals surface area contributed by atoms with Crippen LogP contribution in [-0.4, -0.2) is 38.1 Å². The summed E-state index contributed by atoms with van der Waals surface area (Å²) in [5, 5.41) is 3.59. The number of carbonyl (C=O) groups excluding carboxylic acids is 1. The predicted molar refractivity (Wildman–Crippen MR) is 101 cm³/mol. The summed E-state index contributed by atoms with van der Waals surface area (Å²) in [6.07, 6.45) is 0. The highest BCUT2D eigenvalue weighted by molar-refractivity contribution is 6.30. The summed E-state index contributed by atoms with van der Waals surface area (Å²) in [4.78, 5) is 14.5. The molecule has 1 N–H and O–H groups in total. The number of amides is 1. The van der Waals surface area contributed by atoms with E-state index in [-0.39, 0.29) is 11.9 Å². The number of anilines is 1. The second-order valence-electron chi connectivity index (χ2n) is 5.78. The highest BCUT2D eigenvalue weighted by Crippen LogP contribution is 2.29. The molecule has 0 aromatic heterocycles. The van der Waals surface area contributed by atoms with Gasteiger partial charge >= 0.3 is 0 Å². The van der Waals surface area contributed by atoms with Gasteiger partial charge in [0.2, 0.25) is 5.91 Å². The standard InChI is InChI=1S/C19H23ClN2O3/c1-13(22(2)12-14-6-5-7-15(20)10-14)19(23)21-17-9-8-16(24-3)11-18(17)25-4/h5-11,13H,12H2,1-4H3,(H,21,23). The van der Waals surface area contributed by atoms with Crippen molar-refractivity contribution in [1.82, 2.24) is 4.90 Å². The number of nitrogens with one attached hydrogen (secondary N) is 1. The van der Waals surface area contributed by atoms with Crippen molar-refractivity contribution >= 4 is 23.2 Å². The number of likely N-dealkylation sites (N-methyl/N-ethyl adjacent to an activating group) is 1. The largest absolute Gasteiger partial charge is 0.497 e. The Labute approximate surface area is 153 Å². The van der Waals surface area contributed by atoms with E-state index in [9.17, 15) is 4.79 Å². The number of carbonyl (C=O) groups is 1. The third kappa shape index (κ3) is 5.11. The van der Waals surface area contributed by atoms with Gasteiger partial charge in [-0.25, -0.2) is 0 Å². The van der Waals surface area contributed by atoms with Gasteiger partial charge in [0.05, 0.1) is 25.9 Å². The van der Waals surface area contributed by atoms with Gasteiger partial charge in [0, 0.05) is 17.6 Å². The fraction of sp³-hybridized carbons (Fsp3) is 0.316. The van der Waals surface area contributed by atoms with Crippen LogP contribution in [0.25, 0.3) is 0 Å². The summed E-state index contributed by atoms with van der Waals surface area (Å²) in [5.74, 6) is 1.10. The molecule has 0 spiro atoms. The van der Waals surface area contributed by atoms with Gasteiger partial charge in [0.15, 0.2) is 0 Å². The van der Waals surface area contributed by atoms with E-state index in [0.29, 0.717) is 28.8 Å². The number of nitrogens with zero attached hydrogens (tertiary/aromatic N) is 1. The molecular formula is C19H23ClN2O3. The zero-order valence-corrected chi connectivity index (χ0v) is 15.6. The van der Waals surface area contributed by atoms with Gasteiger partial charge in [-0.2, -0.15) is 0 Å². The fourth-order valence-corrected chi connectivity index (χ4v) is 2.61. The third-order valence-corrected chi connectivity index (χ3v) is 4.26. The lowest BCUT2D eigenvalue weighted by Crippen LogP contribution is -2.39.